The molecule has 164 valence electrons. The molecule has 0 spiro atoms. The number of aromatic nitrogens is 1. The molecule has 0 radical (unpaired) electrons. The minimum Gasteiger partial charge on any atom is -0.497 e. The second-order valence-electron chi connectivity index (χ2n) is 7.60. The van der Waals surface area contributed by atoms with E-state index in [1.165, 1.54) is 14.2 Å². The highest BCUT2D eigenvalue weighted by Gasteiger charge is 2.30. The third-order valence-electron chi connectivity index (χ3n) is 5.08. The van der Waals surface area contributed by atoms with Crippen molar-refractivity contribution in [2.24, 2.45) is 0 Å². The van der Waals surface area contributed by atoms with Gasteiger partial charge < -0.3 is 29.6 Å². The highest BCUT2D eigenvalue weighted by molar-refractivity contribution is 5.85. The molecule has 1 atom stereocenters. The monoisotopic (exact) mass is 426 g/mol. The Morgan fingerprint density at radius 2 is 1.74 bits per heavy atom. The second-order valence-corrected chi connectivity index (χ2v) is 7.60. The predicted molar refractivity (Wildman–Crippen MR) is 116 cm³/mol. The maximum absolute atomic E-state index is 12.6. The molecule has 8 heteroatoms. The lowest BCUT2D eigenvalue weighted by Gasteiger charge is -2.27. The van der Waals surface area contributed by atoms with Gasteiger partial charge in [-0.3, -0.25) is 0 Å². The van der Waals surface area contributed by atoms with Gasteiger partial charge in [0.15, 0.2) is 0 Å². The van der Waals surface area contributed by atoms with Crippen molar-refractivity contribution in [3.63, 3.8) is 0 Å². The number of amides is 1. The molecule has 0 fully saturated rings. The van der Waals surface area contributed by atoms with Crippen LogP contribution in [-0.4, -0.2) is 42.4 Å². The quantitative estimate of drug-likeness (QED) is 0.505. The van der Waals surface area contributed by atoms with Gasteiger partial charge in [-0.05, 0) is 37.6 Å². The van der Waals surface area contributed by atoms with Gasteiger partial charge in [0.1, 0.15) is 23.1 Å². The van der Waals surface area contributed by atoms with E-state index in [1.807, 2.05) is 24.3 Å². The average Bonchev–Trinajstić information content (AvgIpc) is 3.15. The molecule has 0 aliphatic rings. The van der Waals surface area contributed by atoms with Gasteiger partial charge in [-0.1, -0.05) is 18.2 Å². The van der Waals surface area contributed by atoms with Crippen LogP contribution >= 0.6 is 0 Å². The van der Waals surface area contributed by atoms with Crippen LogP contribution in [0.15, 0.2) is 48.7 Å². The van der Waals surface area contributed by atoms with E-state index in [1.54, 1.807) is 38.2 Å². The highest BCUT2D eigenvalue weighted by Crippen LogP contribution is 2.32. The summed E-state index contributed by atoms with van der Waals surface area (Å²) in [6, 6.07) is 11.6. The van der Waals surface area contributed by atoms with Crippen molar-refractivity contribution in [3.05, 3.63) is 59.8 Å². The number of methoxy groups -OCH3 is 2. The van der Waals surface area contributed by atoms with E-state index in [-0.39, 0.29) is 6.42 Å². The van der Waals surface area contributed by atoms with Gasteiger partial charge in [0.2, 0.25) is 0 Å². The predicted octanol–water partition coefficient (Wildman–Crippen LogP) is 3.84. The summed E-state index contributed by atoms with van der Waals surface area (Å²) in [5.74, 6) is -0.0496. The number of rotatable bonds is 8. The number of alkyl carbamates (subject to hydrolysis) is 1. The molecule has 1 amide bonds. The molecule has 8 nitrogen and oxygen atoms in total. The zero-order valence-corrected chi connectivity index (χ0v) is 17.9. The summed E-state index contributed by atoms with van der Waals surface area (Å²) in [5.41, 5.74) is 1.27. The van der Waals surface area contributed by atoms with Gasteiger partial charge in [0.05, 0.1) is 14.2 Å². The largest absolute Gasteiger partial charge is 0.497 e. The summed E-state index contributed by atoms with van der Waals surface area (Å²) in [7, 11) is 3.06. The number of H-pyrrole nitrogens is 1. The molecule has 0 aliphatic heterocycles. The normalized spacial score (nSPS) is 12.3. The zero-order valence-electron chi connectivity index (χ0n) is 17.9. The Hall–Kier alpha value is -3.68. The van der Waals surface area contributed by atoms with E-state index in [0.717, 1.165) is 16.5 Å². The van der Waals surface area contributed by atoms with Crippen molar-refractivity contribution < 1.29 is 28.9 Å². The Balaban J connectivity index is 1.74. The van der Waals surface area contributed by atoms with Crippen molar-refractivity contribution in [3.8, 4) is 11.5 Å². The summed E-state index contributed by atoms with van der Waals surface area (Å²) >= 11 is 0. The van der Waals surface area contributed by atoms with Crippen molar-refractivity contribution in [1.29, 1.82) is 0 Å². The number of fused-ring (bicyclic) bond motifs is 1. The average molecular weight is 426 g/mol. The van der Waals surface area contributed by atoms with Crippen LogP contribution in [0.5, 0.6) is 11.5 Å². The van der Waals surface area contributed by atoms with Crippen molar-refractivity contribution in [2.75, 3.05) is 14.2 Å². The molecule has 3 aromatic rings. The molecule has 0 unspecified atom stereocenters. The van der Waals surface area contributed by atoms with Gasteiger partial charge >= 0.3 is 12.1 Å². The summed E-state index contributed by atoms with van der Waals surface area (Å²) in [5, 5.41) is 13.0. The Labute approximate surface area is 180 Å². The SMILES string of the molecule is COc1cc(OC)cc(C(C)(C)OC(=O)N[C@@H](Cc2c[nH]c3ccccc23)C(=O)O)c1. The summed E-state index contributed by atoms with van der Waals surface area (Å²) in [4.78, 5) is 27.5. The first-order chi connectivity index (χ1) is 14.7. The molecular weight excluding hydrogens is 400 g/mol. The molecular formula is C23H26N2O6. The van der Waals surface area contributed by atoms with Gasteiger partial charge in [-0.25, -0.2) is 9.59 Å². The van der Waals surface area contributed by atoms with E-state index < -0.39 is 23.7 Å². The van der Waals surface area contributed by atoms with Gasteiger partial charge in [0.25, 0.3) is 0 Å². The number of aliphatic carboxylic acids is 1. The third kappa shape index (κ3) is 5.09. The number of hydrogen-bond donors (Lipinski definition) is 3. The molecule has 3 N–H and O–H groups in total. The number of nitrogens with one attached hydrogen (secondary N) is 2. The smallest absolute Gasteiger partial charge is 0.408 e. The van der Waals surface area contributed by atoms with Crippen LogP contribution in [0.3, 0.4) is 0 Å². The lowest BCUT2D eigenvalue weighted by atomic mass is 9.97. The molecule has 1 aromatic heterocycles. The summed E-state index contributed by atoms with van der Waals surface area (Å²) < 4.78 is 16.1. The molecule has 31 heavy (non-hydrogen) atoms. The fourth-order valence-corrected chi connectivity index (χ4v) is 3.34. The standard InChI is InChI=1S/C23H26N2O6/c1-23(2,15-10-16(29-3)12-17(11-15)30-4)31-22(28)25-20(21(26)27)9-14-13-24-19-8-6-5-7-18(14)19/h5-8,10-13,20,24H,9H2,1-4H3,(H,25,28)(H,26,27)/t20-/m0/s1. The van der Waals surface area contributed by atoms with E-state index in [4.69, 9.17) is 14.2 Å². The van der Waals surface area contributed by atoms with Crippen LogP contribution in [0.1, 0.15) is 25.0 Å². The minimum absolute atomic E-state index is 0.113. The van der Waals surface area contributed by atoms with Crippen molar-refractivity contribution in [2.45, 2.75) is 31.9 Å². The fraction of sp³-hybridized carbons (Fsp3) is 0.304. The molecule has 0 saturated heterocycles. The highest BCUT2D eigenvalue weighted by atomic mass is 16.6. The Morgan fingerprint density at radius 1 is 1.10 bits per heavy atom. The van der Waals surface area contributed by atoms with Crippen molar-refractivity contribution >= 4 is 23.0 Å². The van der Waals surface area contributed by atoms with Gasteiger partial charge in [-0.15, -0.1) is 0 Å². The van der Waals surface area contributed by atoms with Crippen LogP contribution in [0, 0.1) is 0 Å². The molecule has 0 saturated carbocycles. The number of carbonyl (C=O) groups excluding carboxylic acids is 1. The van der Waals surface area contributed by atoms with Crippen LogP contribution in [0.4, 0.5) is 4.79 Å². The van der Waals surface area contributed by atoms with E-state index in [9.17, 15) is 14.7 Å². The fourth-order valence-electron chi connectivity index (χ4n) is 3.34. The van der Waals surface area contributed by atoms with Crippen LogP contribution < -0.4 is 14.8 Å². The molecule has 1 heterocycles. The Morgan fingerprint density at radius 3 is 2.35 bits per heavy atom. The third-order valence-corrected chi connectivity index (χ3v) is 5.08. The molecule has 3 rings (SSSR count). The second kappa shape index (κ2) is 8.99. The minimum atomic E-state index is -1.15. The number of carboxylic acid groups (broad SMARTS) is 1. The van der Waals surface area contributed by atoms with E-state index >= 15 is 0 Å². The Bertz CT molecular complexity index is 1070. The first-order valence-corrected chi connectivity index (χ1v) is 9.74. The maximum Gasteiger partial charge on any atom is 0.408 e. The maximum atomic E-state index is 12.6. The lowest BCUT2D eigenvalue weighted by Crippen LogP contribution is -2.44. The van der Waals surface area contributed by atoms with Gasteiger partial charge in [-0.2, -0.15) is 0 Å². The van der Waals surface area contributed by atoms with E-state index in [2.05, 4.69) is 10.3 Å². The van der Waals surface area contributed by atoms with Crippen LogP contribution in [0.2, 0.25) is 0 Å². The number of carboxylic acids is 1. The first kappa shape index (κ1) is 22.0. The van der Waals surface area contributed by atoms with Crippen molar-refractivity contribution in [1.82, 2.24) is 10.3 Å². The Kier molecular flexibility index (Phi) is 6.39. The molecule has 0 aliphatic carbocycles. The number of ether oxygens (including phenoxy) is 3. The summed E-state index contributed by atoms with van der Waals surface area (Å²) in [6.07, 6.45) is 1.03. The zero-order chi connectivity index (χ0) is 22.6. The van der Waals surface area contributed by atoms with Crippen LogP contribution in [0.25, 0.3) is 10.9 Å². The van der Waals surface area contributed by atoms with Crippen LogP contribution in [-0.2, 0) is 21.6 Å². The topological polar surface area (TPSA) is 110 Å². The lowest BCUT2D eigenvalue weighted by molar-refractivity contribution is -0.139. The number of carbonyl (C=O) groups is 2. The van der Waals surface area contributed by atoms with Gasteiger partial charge in [0, 0.05) is 35.2 Å². The number of para-hydroxylation sites is 1. The molecule has 0 bridgehead atoms. The number of aromatic amines is 1. The first-order valence-electron chi connectivity index (χ1n) is 9.74. The van der Waals surface area contributed by atoms with E-state index in [0.29, 0.717) is 17.1 Å². The summed E-state index contributed by atoms with van der Waals surface area (Å²) in [6.45, 7) is 3.41. The molecule has 2 aromatic carbocycles. The number of benzene rings is 2. The number of hydrogen-bond acceptors (Lipinski definition) is 5.